The Balaban J connectivity index is 2.22. The number of aryl methyl sites for hydroxylation is 2. The molecule has 0 aliphatic heterocycles. The molecule has 0 bridgehead atoms. The lowest BCUT2D eigenvalue weighted by Gasteiger charge is -2.20. The van der Waals surface area contributed by atoms with Crippen molar-refractivity contribution in [1.29, 1.82) is 0 Å². The molecule has 0 fully saturated rings. The first-order valence-electron chi connectivity index (χ1n) is 6.84. The van der Waals surface area contributed by atoms with Crippen LogP contribution in [-0.4, -0.2) is 24.9 Å². The number of anilines is 1. The van der Waals surface area contributed by atoms with Gasteiger partial charge < -0.3 is 0 Å². The highest BCUT2D eigenvalue weighted by atomic mass is 32.2. The van der Waals surface area contributed by atoms with Gasteiger partial charge in [0.1, 0.15) is 0 Å². The third-order valence-corrected chi connectivity index (χ3v) is 6.25. The number of hydrogen-bond acceptors (Lipinski definition) is 5. The largest absolute Gasteiger partial charge is 0.279 e. The molecule has 23 heavy (non-hydrogen) atoms. The predicted octanol–water partition coefficient (Wildman–Crippen LogP) is 2.20. The molecular weight excluding hydrogens is 334 g/mol. The Morgan fingerprint density at radius 3 is 2.70 bits per heavy atom. The number of benzene rings is 1. The van der Waals surface area contributed by atoms with E-state index in [9.17, 15) is 13.2 Å². The molecule has 1 aromatic carbocycles. The molecule has 0 saturated carbocycles. The number of thiazole rings is 1. The monoisotopic (exact) mass is 349 g/mol. The molecule has 2 aromatic heterocycles. The number of nitrogens with zero attached hydrogens (tertiary/aromatic N) is 3. The topological polar surface area (TPSA) is 71.8 Å². The average molecular weight is 349 g/mol. The fraction of sp³-hybridized carbons (Fsp3) is 0.200. The summed E-state index contributed by atoms with van der Waals surface area (Å²) < 4.78 is 28.2. The molecule has 0 unspecified atom stereocenters. The zero-order chi connectivity index (χ0) is 16.8. The van der Waals surface area contributed by atoms with Crippen LogP contribution >= 0.6 is 11.3 Å². The van der Waals surface area contributed by atoms with Gasteiger partial charge in [-0.15, -0.1) is 11.3 Å². The molecule has 0 N–H and O–H groups in total. The first-order valence-corrected chi connectivity index (χ1v) is 9.16. The molecule has 2 heterocycles. The van der Waals surface area contributed by atoms with Crippen molar-refractivity contribution in [2.45, 2.75) is 18.7 Å². The van der Waals surface area contributed by atoms with Gasteiger partial charge in [0.15, 0.2) is 9.86 Å². The van der Waals surface area contributed by atoms with E-state index in [-0.39, 0.29) is 10.6 Å². The first-order chi connectivity index (χ1) is 10.8. The van der Waals surface area contributed by atoms with Gasteiger partial charge >= 0.3 is 0 Å². The first kappa shape index (κ1) is 15.7. The molecule has 6 nitrogen and oxygen atoms in total. The molecular formula is C15H15N3O3S2. The van der Waals surface area contributed by atoms with E-state index in [4.69, 9.17) is 0 Å². The number of hydrogen-bond donors (Lipinski definition) is 0. The second kappa shape index (κ2) is 5.47. The molecule has 0 aliphatic rings. The van der Waals surface area contributed by atoms with Crippen molar-refractivity contribution in [3.8, 4) is 0 Å². The second-order valence-electron chi connectivity index (χ2n) is 5.20. The van der Waals surface area contributed by atoms with Gasteiger partial charge in [-0.2, -0.15) is 0 Å². The Bertz CT molecular complexity index is 1050. The van der Waals surface area contributed by atoms with Gasteiger partial charge in [-0.3, -0.25) is 13.5 Å². The maximum Gasteiger partial charge on any atom is 0.279 e. The zero-order valence-electron chi connectivity index (χ0n) is 12.8. The molecule has 0 spiro atoms. The van der Waals surface area contributed by atoms with Crippen LogP contribution < -0.4 is 9.86 Å². The molecule has 0 atom stereocenters. The fourth-order valence-electron chi connectivity index (χ4n) is 2.36. The summed E-state index contributed by atoms with van der Waals surface area (Å²) >= 11 is 1.29. The fourth-order valence-corrected chi connectivity index (χ4v) is 4.52. The van der Waals surface area contributed by atoms with Crippen molar-refractivity contribution in [1.82, 2.24) is 9.38 Å². The lowest BCUT2D eigenvalue weighted by atomic mass is 10.2. The van der Waals surface area contributed by atoms with Crippen LogP contribution in [0.2, 0.25) is 0 Å². The Labute approximate surface area is 137 Å². The van der Waals surface area contributed by atoms with E-state index < -0.39 is 15.6 Å². The minimum absolute atomic E-state index is 0.206. The molecule has 0 amide bonds. The third-order valence-electron chi connectivity index (χ3n) is 3.58. The maximum absolute atomic E-state index is 12.9. The maximum atomic E-state index is 12.9. The third kappa shape index (κ3) is 2.53. The van der Waals surface area contributed by atoms with Gasteiger partial charge in [-0.25, -0.2) is 13.4 Å². The van der Waals surface area contributed by atoms with Crippen LogP contribution in [0, 0.1) is 13.8 Å². The summed E-state index contributed by atoms with van der Waals surface area (Å²) in [5.74, 6) is 0. The number of aromatic nitrogens is 2. The summed E-state index contributed by atoms with van der Waals surface area (Å²) in [6.07, 6.45) is 1.53. The zero-order valence-corrected chi connectivity index (χ0v) is 14.5. The van der Waals surface area contributed by atoms with E-state index in [0.717, 1.165) is 9.87 Å². The summed E-state index contributed by atoms with van der Waals surface area (Å²) in [7, 11) is -2.56. The quantitative estimate of drug-likeness (QED) is 0.727. The van der Waals surface area contributed by atoms with Crippen molar-refractivity contribution >= 4 is 32.0 Å². The van der Waals surface area contributed by atoms with Gasteiger partial charge in [0.25, 0.3) is 15.6 Å². The van der Waals surface area contributed by atoms with Crippen LogP contribution in [0.15, 0.2) is 45.5 Å². The van der Waals surface area contributed by atoms with Crippen molar-refractivity contribution in [2.75, 3.05) is 11.4 Å². The predicted molar refractivity (Wildman–Crippen MR) is 90.8 cm³/mol. The summed E-state index contributed by atoms with van der Waals surface area (Å²) in [4.78, 5) is 17.0. The van der Waals surface area contributed by atoms with Gasteiger partial charge in [0, 0.05) is 18.6 Å². The Morgan fingerprint density at radius 1 is 1.26 bits per heavy atom. The SMILES string of the molecule is Cc1cccc(N(C)S(=O)(=O)c2c(C)nc3sccn3c2=O)c1. The molecule has 0 aliphatic carbocycles. The van der Waals surface area contributed by atoms with Gasteiger partial charge in [0.2, 0.25) is 0 Å². The van der Waals surface area contributed by atoms with Crippen molar-refractivity contribution in [3.05, 3.63) is 57.5 Å². The molecule has 0 radical (unpaired) electrons. The van der Waals surface area contributed by atoms with Crippen LogP contribution in [0.25, 0.3) is 4.96 Å². The van der Waals surface area contributed by atoms with E-state index in [2.05, 4.69) is 4.98 Å². The van der Waals surface area contributed by atoms with E-state index >= 15 is 0 Å². The minimum Gasteiger partial charge on any atom is -0.269 e. The molecule has 3 rings (SSSR count). The van der Waals surface area contributed by atoms with Crippen molar-refractivity contribution in [2.24, 2.45) is 0 Å². The Kier molecular flexibility index (Phi) is 3.73. The second-order valence-corrected chi connectivity index (χ2v) is 7.98. The van der Waals surface area contributed by atoms with Crippen LogP contribution in [-0.2, 0) is 10.0 Å². The van der Waals surface area contributed by atoms with Crippen LogP contribution in [0.4, 0.5) is 5.69 Å². The summed E-state index contributed by atoms with van der Waals surface area (Å²) in [6.45, 7) is 3.42. The van der Waals surface area contributed by atoms with E-state index in [0.29, 0.717) is 10.6 Å². The van der Waals surface area contributed by atoms with Crippen LogP contribution in [0.5, 0.6) is 0 Å². The van der Waals surface area contributed by atoms with Gasteiger partial charge in [-0.1, -0.05) is 12.1 Å². The Morgan fingerprint density at radius 2 is 2.00 bits per heavy atom. The average Bonchev–Trinajstić information content (AvgIpc) is 2.94. The lowest BCUT2D eigenvalue weighted by molar-refractivity contribution is 0.591. The number of fused-ring (bicyclic) bond motifs is 1. The van der Waals surface area contributed by atoms with Crippen molar-refractivity contribution < 1.29 is 8.42 Å². The van der Waals surface area contributed by atoms with Crippen LogP contribution in [0.3, 0.4) is 0 Å². The van der Waals surface area contributed by atoms with Crippen LogP contribution in [0.1, 0.15) is 11.3 Å². The minimum atomic E-state index is -4.00. The number of sulfonamides is 1. The van der Waals surface area contributed by atoms with E-state index in [1.54, 1.807) is 23.6 Å². The Hall–Kier alpha value is -2.19. The molecule has 3 aromatic rings. The van der Waals surface area contributed by atoms with Gasteiger partial charge in [-0.05, 0) is 31.5 Å². The summed E-state index contributed by atoms with van der Waals surface area (Å²) in [5, 5.41) is 1.70. The molecule has 8 heteroatoms. The van der Waals surface area contributed by atoms with E-state index in [1.807, 2.05) is 13.0 Å². The van der Waals surface area contributed by atoms with E-state index in [1.165, 1.54) is 35.9 Å². The summed E-state index contributed by atoms with van der Waals surface area (Å²) in [5.41, 5.74) is 1.06. The highest BCUT2D eigenvalue weighted by molar-refractivity contribution is 7.92. The standard InChI is InChI=1S/C15H15N3O3S2/c1-10-5-4-6-12(9-10)17(3)23(20,21)13-11(2)16-15-18(14(13)19)7-8-22-15/h4-9H,1-3H3. The molecule has 120 valence electrons. The lowest BCUT2D eigenvalue weighted by Crippen LogP contribution is -2.33. The van der Waals surface area contributed by atoms with Crippen molar-refractivity contribution in [3.63, 3.8) is 0 Å². The summed E-state index contributed by atoms with van der Waals surface area (Å²) in [6, 6.07) is 7.09. The highest BCUT2D eigenvalue weighted by Gasteiger charge is 2.28. The normalized spacial score (nSPS) is 11.8. The molecule has 0 saturated heterocycles. The number of rotatable bonds is 3. The smallest absolute Gasteiger partial charge is 0.269 e. The highest BCUT2D eigenvalue weighted by Crippen LogP contribution is 2.23. The van der Waals surface area contributed by atoms with Gasteiger partial charge in [0.05, 0.1) is 11.4 Å².